The molecule has 73 heavy (non-hydrogen) atoms. The summed E-state index contributed by atoms with van der Waals surface area (Å²) in [7, 11) is 0. The van der Waals surface area contributed by atoms with Gasteiger partial charge in [-0.25, -0.2) is 0 Å². The highest BCUT2D eigenvalue weighted by Gasteiger charge is 2.05. The molecule has 5 aromatic heterocycles. The third-order valence-corrected chi connectivity index (χ3v) is 18.6. The van der Waals surface area contributed by atoms with E-state index in [0.717, 1.165) is 0 Å². The highest BCUT2D eigenvalue weighted by Crippen LogP contribution is 2.29. The number of unbranched alkanes of at least 4 members (excludes halogenated alkanes) is 12. The molecule has 0 spiro atoms. The molecule has 0 aliphatic carbocycles. The van der Waals surface area contributed by atoms with Gasteiger partial charge in [0.05, 0.1) is 0 Å². The maximum atomic E-state index is 2.33. The summed E-state index contributed by atoms with van der Waals surface area (Å²) in [5.74, 6) is 0. The number of benzene rings is 2. The minimum atomic E-state index is 1.19. The molecule has 0 radical (unpaired) electrons. The predicted molar refractivity (Wildman–Crippen MR) is 339 cm³/mol. The van der Waals surface area contributed by atoms with Crippen molar-refractivity contribution >= 4 is 130 Å². The van der Waals surface area contributed by atoms with Gasteiger partial charge in [-0.15, -0.1) is 56.7 Å². The molecule has 5 heteroatoms. The lowest BCUT2D eigenvalue weighted by atomic mass is 10.0. The van der Waals surface area contributed by atoms with Crippen LogP contribution in [0, 0.1) is 0 Å². The number of hydrogen-bond acceptors (Lipinski definition) is 5. The van der Waals surface area contributed by atoms with Crippen molar-refractivity contribution in [1.29, 1.82) is 0 Å². The maximum absolute atomic E-state index is 2.33. The summed E-state index contributed by atoms with van der Waals surface area (Å²) in [6.07, 6.45) is 53.1. The molecule has 0 saturated heterocycles. The second-order valence-electron chi connectivity index (χ2n) is 19.6. The van der Waals surface area contributed by atoms with Crippen molar-refractivity contribution in [2.24, 2.45) is 0 Å². The van der Waals surface area contributed by atoms with E-state index in [-0.39, 0.29) is 0 Å². The molecule has 5 heterocycles. The van der Waals surface area contributed by atoms with Gasteiger partial charge in [0.25, 0.3) is 0 Å². The van der Waals surface area contributed by atoms with Crippen molar-refractivity contribution in [1.82, 2.24) is 0 Å². The summed E-state index contributed by atoms with van der Waals surface area (Å²) in [6, 6.07) is 36.9. The molecule has 0 bridgehead atoms. The second-order valence-corrected chi connectivity index (χ2v) is 25.5. The first-order chi connectivity index (χ1) is 35.9. The Hall–Kier alpha value is -4.62. The van der Waals surface area contributed by atoms with Gasteiger partial charge in [0.1, 0.15) is 0 Å². The summed E-state index contributed by atoms with van der Waals surface area (Å²) in [5, 5.41) is 0. The number of thiophene rings is 5. The molecule has 0 saturated carbocycles. The summed E-state index contributed by atoms with van der Waals surface area (Å²) < 4.78 is 0. The second kappa shape index (κ2) is 32.0. The normalized spacial score (nSPS) is 12.3. The molecule has 0 fully saturated rings. The van der Waals surface area contributed by atoms with E-state index >= 15 is 0 Å². The van der Waals surface area contributed by atoms with E-state index in [2.05, 4.69) is 198 Å². The van der Waals surface area contributed by atoms with Crippen LogP contribution in [0.1, 0.15) is 213 Å². The van der Waals surface area contributed by atoms with Gasteiger partial charge in [-0.2, -0.15) is 0 Å². The van der Waals surface area contributed by atoms with Gasteiger partial charge in [0.15, 0.2) is 0 Å². The molecule has 0 N–H and O–H groups in total. The van der Waals surface area contributed by atoms with Crippen LogP contribution in [0.5, 0.6) is 0 Å². The van der Waals surface area contributed by atoms with Gasteiger partial charge in [-0.05, 0) is 218 Å². The fourth-order valence-electron chi connectivity index (χ4n) is 8.98. The molecule has 0 atom stereocenters. The van der Waals surface area contributed by atoms with Crippen molar-refractivity contribution in [3.05, 3.63) is 179 Å². The van der Waals surface area contributed by atoms with Gasteiger partial charge in [0, 0.05) is 48.8 Å². The fourth-order valence-corrected chi connectivity index (χ4v) is 13.6. The Labute approximate surface area is 461 Å². The topological polar surface area (TPSA) is 0 Å². The average Bonchev–Trinajstić information content (AvgIpc) is 4.29. The SMILES string of the molecule is CCCCCCc1ccc(/C=C/c2cc(/C=C/c3ccc(/C=C/c4cc(/C=C/c5ccc(CCCCCC)s5)cc(/C=C/c5ccc(CCCCCC)s5)c4)s3)cc(/C=C/c3ccc(CCCCCC)s3)c2)s1. The van der Waals surface area contributed by atoms with Crippen molar-refractivity contribution in [3.63, 3.8) is 0 Å². The van der Waals surface area contributed by atoms with Crippen LogP contribution in [0.15, 0.2) is 97.1 Å². The molecule has 0 unspecified atom stereocenters. The van der Waals surface area contributed by atoms with Gasteiger partial charge < -0.3 is 0 Å². The van der Waals surface area contributed by atoms with Crippen LogP contribution in [0.4, 0.5) is 0 Å². The predicted octanol–water partition coefficient (Wildman–Crippen LogP) is 23.5. The standard InChI is InChI=1S/C68H80S5/c1-5-9-13-17-21-59-37-41-63(69-59)31-25-53-47-54(26-32-64-42-38-60(70-64)22-18-14-10-6-2)50-57(49-53)29-35-67-45-46-68(73-67)36-30-58-51-55(27-33-65-43-39-61(71-65)23-19-15-11-7-3)48-56(52-58)28-34-66-44-40-62(72-66)24-20-16-12-8-4/h25-52H,5-24H2,1-4H3/b31-25+,32-26+,33-27+,34-28+,35-29+,36-30+. The lowest BCUT2D eigenvalue weighted by Crippen LogP contribution is -1.81. The van der Waals surface area contributed by atoms with Crippen LogP contribution < -0.4 is 0 Å². The quantitative estimate of drug-likeness (QED) is 0.0369. The molecule has 0 aliphatic rings. The molecule has 0 nitrogen and oxygen atoms in total. The van der Waals surface area contributed by atoms with E-state index in [1.54, 1.807) is 0 Å². The Morgan fingerprint density at radius 2 is 0.438 bits per heavy atom. The number of rotatable bonds is 32. The molecule has 2 aromatic carbocycles. The summed E-state index contributed by atoms with van der Waals surface area (Å²) >= 11 is 9.58. The highest BCUT2D eigenvalue weighted by molar-refractivity contribution is 7.14. The van der Waals surface area contributed by atoms with Crippen LogP contribution in [0.2, 0.25) is 0 Å². The first-order valence-corrected chi connectivity index (χ1v) is 31.8. The minimum absolute atomic E-state index is 1.19. The summed E-state index contributed by atoms with van der Waals surface area (Å²) in [5.41, 5.74) is 7.30. The largest absolute Gasteiger partial charge is 0.141 e. The lowest BCUT2D eigenvalue weighted by Gasteiger charge is -2.02. The van der Waals surface area contributed by atoms with Crippen molar-refractivity contribution in [2.45, 2.75) is 156 Å². The van der Waals surface area contributed by atoms with E-state index in [1.165, 1.54) is 211 Å². The first kappa shape index (κ1) is 56.1. The van der Waals surface area contributed by atoms with Crippen LogP contribution in [0.3, 0.4) is 0 Å². The van der Waals surface area contributed by atoms with E-state index in [0.29, 0.717) is 0 Å². The van der Waals surface area contributed by atoms with Gasteiger partial charge >= 0.3 is 0 Å². The number of aryl methyl sites for hydroxylation is 4. The molecular formula is C68H80S5. The average molecular weight is 1060 g/mol. The van der Waals surface area contributed by atoms with Crippen molar-refractivity contribution in [3.8, 4) is 0 Å². The van der Waals surface area contributed by atoms with Crippen LogP contribution in [0.25, 0.3) is 72.9 Å². The highest BCUT2D eigenvalue weighted by atomic mass is 32.1. The third-order valence-electron chi connectivity index (χ3n) is 13.1. The monoisotopic (exact) mass is 1060 g/mol. The Bertz CT molecular complexity index is 2520. The van der Waals surface area contributed by atoms with E-state index < -0.39 is 0 Å². The van der Waals surface area contributed by atoms with Crippen LogP contribution in [-0.4, -0.2) is 0 Å². The minimum Gasteiger partial charge on any atom is -0.141 e. The van der Waals surface area contributed by atoms with Crippen LogP contribution >= 0.6 is 56.7 Å². The Morgan fingerprint density at radius 1 is 0.233 bits per heavy atom. The zero-order valence-electron chi connectivity index (χ0n) is 44.3. The lowest BCUT2D eigenvalue weighted by molar-refractivity contribution is 0.670. The Morgan fingerprint density at radius 3 is 0.658 bits per heavy atom. The molecule has 7 aromatic rings. The van der Waals surface area contributed by atoms with E-state index in [1.807, 2.05) is 56.7 Å². The summed E-state index contributed by atoms with van der Waals surface area (Å²) in [6.45, 7) is 9.14. The van der Waals surface area contributed by atoms with Gasteiger partial charge in [0.2, 0.25) is 0 Å². The summed E-state index contributed by atoms with van der Waals surface area (Å²) in [4.78, 5) is 13.8. The van der Waals surface area contributed by atoms with Crippen LogP contribution in [-0.2, 0) is 25.7 Å². The van der Waals surface area contributed by atoms with Crippen molar-refractivity contribution in [2.75, 3.05) is 0 Å². The fraction of sp³-hybridized carbons (Fsp3) is 0.353. The molecule has 382 valence electrons. The van der Waals surface area contributed by atoms with Crippen molar-refractivity contribution < 1.29 is 0 Å². The van der Waals surface area contributed by atoms with Gasteiger partial charge in [-0.1, -0.05) is 141 Å². The van der Waals surface area contributed by atoms with E-state index in [9.17, 15) is 0 Å². The zero-order valence-corrected chi connectivity index (χ0v) is 48.4. The Kier molecular flexibility index (Phi) is 24.6. The Balaban J connectivity index is 1.07. The molecule has 7 rings (SSSR count). The molecular weight excluding hydrogens is 977 g/mol. The smallest absolute Gasteiger partial charge is 0.0276 e. The number of hydrogen-bond donors (Lipinski definition) is 0. The maximum Gasteiger partial charge on any atom is 0.0276 e. The zero-order chi connectivity index (χ0) is 50.7. The third kappa shape index (κ3) is 20.6. The molecule has 0 aliphatic heterocycles. The van der Waals surface area contributed by atoms with E-state index in [4.69, 9.17) is 0 Å². The first-order valence-electron chi connectivity index (χ1n) is 27.8. The van der Waals surface area contributed by atoms with Gasteiger partial charge in [-0.3, -0.25) is 0 Å². The molecule has 0 amide bonds.